The summed E-state index contributed by atoms with van der Waals surface area (Å²) in [7, 11) is 10.3. The Hall–Kier alpha value is 0.480. The predicted molar refractivity (Wildman–Crippen MR) is 33.6 cm³/mol. The summed E-state index contributed by atoms with van der Waals surface area (Å²) in [6, 6.07) is 0. The van der Waals surface area contributed by atoms with E-state index in [4.69, 9.17) is 15.7 Å². The number of hydrogen-bond acceptors (Lipinski definition) is 1. The van der Waals surface area contributed by atoms with E-state index >= 15 is 0 Å². The summed E-state index contributed by atoms with van der Waals surface area (Å²) >= 11 is 1.66. The van der Waals surface area contributed by atoms with Gasteiger partial charge in [-0.25, -0.2) is 0 Å². The van der Waals surface area contributed by atoms with E-state index in [9.17, 15) is 0 Å². The Morgan fingerprint density at radius 2 is 2.00 bits per heavy atom. The Bertz CT molecular complexity index is 20.8. The van der Waals surface area contributed by atoms with Crippen LogP contribution in [0.15, 0.2) is 0 Å². The minimum atomic E-state index is 0.692. The highest BCUT2D eigenvalue weighted by Crippen LogP contribution is 1.95. The Morgan fingerprint density at radius 3 is 2.17 bits per heavy atom. The van der Waals surface area contributed by atoms with E-state index < -0.39 is 0 Å². The molecule has 0 aliphatic carbocycles. The lowest BCUT2D eigenvalue weighted by Crippen LogP contribution is -1.78. The van der Waals surface area contributed by atoms with Crippen molar-refractivity contribution in [2.24, 2.45) is 0 Å². The van der Waals surface area contributed by atoms with Crippen LogP contribution in [-0.4, -0.2) is 27.1 Å². The predicted octanol–water partition coefficient (Wildman–Crippen LogP) is 0.432. The van der Waals surface area contributed by atoms with Gasteiger partial charge in [-0.15, -0.1) is 0 Å². The summed E-state index contributed by atoms with van der Waals surface area (Å²) in [6.45, 7) is 0. The van der Waals surface area contributed by atoms with Crippen LogP contribution in [0.2, 0.25) is 6.32 Å². The highest BCUT2D eigenvalue weighted by molar-refractivity contribution is 8.00. The largest absolute Gasteiger partial charge is 0.172 e. The third kappa shape index (κ3) is 4.48. The van der Waals surface area contributed by atoms with Crippen molar-refractivity contribution >= 4 is 27.5 Å². The smallest absolute Gasteiger partial charge is 0.0799 e. The molecule has 0 aliphatic heterocycles. The number of hydrogen-bond donors (Lipinski definition) is 0. The van der Waals surface area contributed by atoms with Crippen molar-refractivity contribution in [1.29, 1.82) is 0 Å². The molecule has 0 spiro atoms. The van der Waals surface area contributed by atoms with E-state index in [1.54, 1.807) is 11.8 Å². The second kappa shape index (κ2) is 5.48. The first kappa shape index (κ1) is 6.48. The molecule has 0 heterocycles. The maximum atomic E-state index is 5.14. The summed E-state index contributed by atoms with van der Waals surface area (Å²) in [5.74, 6) is 0.983. The molecule has 0 unspecified atom stereocenters. The summed E-state index contributed by atoms with van der Waals surface area (Å²) in [5, 5.41) is 0. The first-order chi connectivity index (χ1) is 2.91. The average molecular weight is 95.8 g/mol. The zero-order chi connectivity index (χ0) is 4.83. The van der Waals surface area contributed by atoms with Gasteiger partial charge in [0.1, 0.15) is 0 Å². The summed E-state index contributed by atoms with van der Waals surface area (Å²) in [6.07, 6.45) is 0.738. The van der Waals surface area contributed by atoms with Crippen LogP contribution in [-0.2, 0) is 0 Å². The van der Waals surface area contributed by atoms with E-state index in [0.717, 1.165) is 12.1 Å². The second-order valence-corrected chi connectivity index (χ2v) is 2.01. The van der Waals surface area contributed by atoms with Crippen LogP contribution in [0.5, 0.6) is 0 Å². The summed E-state index contributed by atoms with van der Waals surface area (Å²) in [4.78, 5) is 0. The topological polar surface area (TPSA) is 0 Å². The molecule has 0 nitrogen and oxygen atoms in total. The molecule has 0 saturated carbocycles. The van der Waals surface area contributed by atoms with Crippen LogP contribution >= 0.6 is 11.8 Å². The van der Waals surface area contributed by atoms with E-state index in [1.807, 2.05) is 0 Å². The fourth-order valence-corrected chi connectivity index (χ4v) is 0.500. The maximum absolute atomic E-state index is 5.14. The lowest BCUT2D eigenvalue weighted by atomic mass is 10.1. The molecule has 30 valence electrons. The minimum absolute atomic E-state index is 0.692. The molecule has 0 rings (SSSR count). The van der Waals surface area contributed by atoms with Gasteiger partial charge in [0, 0.05) is 0 Å². The monoisotopic (exact) mass is 96.0 g/mol. The Labute approximate surface area is 45.9 Å². The lowest BCUT2D eigenvalue weighted by molar-refractivity contribution is 1.51. The SMILES string of the molecule is [B]CCSC[B]. The first-order valence-corrected chi connectivity index (χ1v) is 3.05. The standard InChI is InChI=1S/C3H6B2S/c4-1-2-6-3-5/h1-3H2. The van der Waals surface area contributed by atoms with E-state index in [1.165, 1.54) is 0 Å². The van der Waals surface area contributed by atoms with Gasteiger partial charge < -0.3 is 0 Å². The zero-order valence-electron chi connectivity index (χ0n) is 3.68. The van der Waals surface area contributed by atoms with Crippen molar-refractivity contribution in [2.75, 3.05) is 11.4 Å². The van der Waals surface area contributed by atoms with Crippen molar-refractivity contribution in [3.05, 3.63) is 0 Å². The van der Waals surface area contributed by atoms with Crippen LogP contribution in [0, 0.1) is 0 Å². The van der Waals surface area contributed by atoms with Gasteiger partial charge in [-0.05, 0) is 11.4 Å². The number of rotatable bonds is 3. The molecule has 0 aliphatic rings. The first-order valence-electron chi connectivity index (χ1n) is 1.89. The van der Waals surface area contributed by atoms with Crippen molar-refractivity contribution in [2.45, 2.75) is 6.32 Å². The molecule has 4 radical (unpaired) electrons. The van der Waals surface area contributed by atoms with Gasteiger partial charge in [-0.3, -0.25) is 0 Å². The Balaban J connectivity index is 2.34. The molecule has 0 aromatic heterocycles. The highest BCUT2D eigenvalue weighted by atomic mass is 32.2. The fourth-order valence-electron chi connectivity index (χ4n) is 0.167. The molecule has 0 amide bonds. The van der Waals surface area contributed by atoms with Crippen LogP contribution < -0.4 is 0 Å². The molecule has 0 aromatic carbocycles. The summed E-state index contributed by atoms with van der Waals surface area (Å²) in [5.41, 5.74) is 0.692. The maximum Gasteiger partial charge on any atom is 0.0799 e. The molecule has 0 saturated heterocycles. The van der Waals surface area contributed by atoms with Crippen molar-refractivity contribution < 1.29 is 0 Å². The second-order valence-electron chi connectivity index (χ2n) is 0.864. The van der Waals surface area contributed by atoms with Gasteiger partial charge in [0.25, 0.3) is 0 Å². The molecule has 0 aromatic rings. The van der Waals surface area contributed by atoms with Crippen molar-refractivity contribution in [3.63, 3.8) is 0 Å². The van der Waals surface area contributed by atoms with E-state index in [0.29, 0.717) is 5.65 Å². The van der Waals surface area contributed by atoms with Crippen LogP contribution in [0.3, 0.4) is 0 Å². The summed E-state index contributed by atoms with van der Waals surface area (Å²) < 4.78 is 0. The van der Waals surface area contributed by atoms with Gasteiger partial charge in [-0.2, -0.15) is 11.8 Å². The van der Waals surface area contributed by atoms with Crippen LogP contribution in [0.4, 0.5) is 0 Å². The fraction of sp³-hybridized carbons (Fsp3) is 1.00. The number of thioether (sulfide) groups is 1. The Kier molecular flexibility index (Phi) is 5.92. The molecule has 0 atom stereocenters. The minimum Gasteiger partial charge on any atom is -0.172 e. The van der Waals surface area contributed by atoms with Crippen molar-refractivity contribution in [1.82, 2.24) is 0 Å². The molecule has 3 heteroatoms. The van der Waals surface area contributed by atoms with Gasteiger partial charge in [0.05, 0.1) is 15.7 Å². The van der Waals surface area contributed by atoms with Crippen LogP contribution in [0.25, 0.3) is 0 Å². The van der Waals surface area contributed by atoms with E-state index in [2.05, 4.69) is 0 Å². The molecule has 0 fully saturated rings. The van der Waals surface area contributed by atoms with Gasteiger partial charge in [-0.1, -0.05) is 6.32 Å². The Morgan fingerprint density at radius 1 is 1.33 bits per heavy atom. The third-order valence-electron chi connectivity index (χ3n) is 0.380. The zero-order valence-corrected chi connectivity index (χ0v) is 4.50. The molecular formula is C3H6B2S. The molecule has 6 heavy (non-hydrogen) atoms. The van der Waals surface area contributed by atoms with Gasteiger partial charge >= 0.3 is 0 Å². The molecule has 0 N–H and O–H groups in total. The highest BCUT2D eigenvalue weighted by Gasteiger charge is 1.74. The quantitative estimate of drug-likeness (QED) is 0.362. The lowest BCUT2D eigenvalue weighted by Gasteiger charge is -1.87. The molecular weight excluding hydrogens is 89.7 g/mol. The van der Waals surface area contributed by atoms with Crippen molar-refractivity contribution in [3.8, 4) is 0 Å². The van der Waals surface area contributed by atoms with Crippen LogP contribution in [0.1, 0.15) is 0 Å². The van der Waals surface area contributed by atoms with E-state index in [-0.39, 0.29) is 0 Å². The van der Waals surface area contributed by atoms with Gasteiger partial charge in [0.15, 0.2) is 0 Å². The normalized spacial score (nSPS) is 8.67. The van der Waals surface area contributed by atoms with Gasteiger partial charge in [0.2, 0.25) is 0 Å². The molecule has 0 bridgehead atoms. The third-order valence-corrected chi connectivity index (χ3v) is 1.14. The average Bonchev–Trinajstić information content (AvgIpc) is 1.61.